The van der Waals surface area contributed by atoms with Crippen LogP contribution in [0.25, 0.3) is 0 Å². The molecule has 1 aliphatic heterocycles. The molecule has 1 fully saturated rings. The second-order valence-electron chi connectivity index (χ2n) is 5.66. The van der Waals surface area contributed by atoms with E-state index in [1.165, 1.54) is 13.0 Å². The number of halogens is 1. The van der Waals surface area contributed by atoms with Crippen LogP contribution in [0.15, 0.2) is 22.7 Å². The first kappa shape index (κ1) is 14.7. The Morgan fingerprint density at radius 2 is 2.27 bits per heavy atom. The van der Waals surface area contributed by atoms with E-state index in [1.807, 2.05) is 4.90 Å². The van der Waals surface area contributed by atoms with E-state index in [-0.39, 0.29) is 17.3 Å². The topological polar surface area (TPSA) is 59.2 Å². The number of Topliss-reactive ketones (excluding diaryl/α,β-unsaturated/α-hetero) is 1. The van der Waals surface area contributed by atoms with Crippen molar-refractivity contribution in [2.75, 3.05) is 18.0 Å². The number of aryl methyl sites for hydroxylation is 1. The number of benzene rings is 1. The number of hydrogen-bond acceptors (Lipinski definition) is 5. The Morgan fingerprint density at radius 1 is 1.45 bits per heavy atom. The molecule has 0 spiro atoms. The molecular formula is C16H18FN3O2. The number of nitrogens with zero attached hydrogens (tertiary/aromatic N) is 3. The summed E-state index contributed by atoms with van der Waals surface area (Å²) < 4.78 is 19.3. The van der Waals surface area contributed by atoms with E-state index < -0.39 is 5.82 Å². The zero-order valence-electron chi connectivity index (χ0n) is 12.7. The van der Waals surface area contributed by atoms with Crippen LogP contribution >= 0.6 is 0 Å². The van der Waals surface area contributed by atoms with Gasteiger partial charge in [0.1, 0.15) is 5.82 Å². The minimum absolute atomic E-state index is 0.109. The minimum Gasteiger partial charge on any atom is -0.370 e. The Balaban J connectivity index is 1.89. The van der Waals surface area contributed by atoms with Crippen LogP contribution in [-0.2, 0) is 0 Å². The van der Waals surface area contributed by atoms with Gasteiger partial charge in [-0.25, -0.2) is 4.39 Å². The van der Waals surface area contributed by atoms with Crippen molar-refractivity contribution in [3.8, 4) is 0 Å². The fraction of sp³-hybridized carbons (Fsp3) is 0.438. The maximum atomic E-state index is 14.0. The minimum atomic E-state index is -0.472. The number of hydrogen-bond donors (Lipinski definition) is 0. The van der Waals surface area contributed by atoms with Crippen LogP contribution in [0.1, 0.15) is 47.8 Å². The summed E-state index contributed by atoms with van der Waals surface area (Å²) in [6.45, 7) is 4.61. The highest BCUT2D eigenvalue weighted by atomic mass is 19.1. The number of rotatable bonds is 3. The molecule has 116 valence electrons. The van der Waals surface area contributed by atoms with Gasteiger partial charge in [0.25, 0.3) is 0 Å². The van der Waals surface area contributed by atoms with E-state index in [0.29, 0.717) is 23.9 Å². The van der Waals surface area contributed by atoms with Crippen LogP contribution in [0.4, 0.5) is 10.1 Å². The average Bonchev–Trinajstić information content (AvgIpc) is 2.93. The zero-order valence-corrected chi connectivity index (χ0v) is 12.7. The molecule has 1 atom stereocenters. The molecule has 1 aromatic carbocycles. The van der Waals surface area contributed by atoms with Gasteiger partial charge in [-0.1, -0.05) is 11.2 Å². The molecule has 1 unspecified atom stereocenters. The molecule has 1 saturated heterocycles. The van der Waals surface area contributed by atoms with Gasteiger partial charge in [0.15, 0.2) is 11.6 Å². The summed E-state index contributed by atoms with van der Waals surface area (Å²) in [5, 5.41) is 3.83. The Bertz CT molecular complexity index is 698. The SMILES string of the molecule is CC(=O)c1c(F)cccc1N1CCCC(c2nc(C)no2)C1. The van der Waals surface area contributed by atoms with E-state index >= 15 is 0 Å². The lowest BCUT2D eigenvalue weighted by Crippen LogP contribution is -2.35. The highest BCUT2D eigenvalue weighted by Crippen LogP contribution is 2.32. The zero-order chi connectivity index (χ0) is 15.7. The van der Waals surface area contributed by atoms with Gasteiger partial charge in [0, 0.05) is 13.1 Å². The highest BCUT2D eigenvalue weighted by molar-refractivity contribution is 6.00. The monoisotopic (exact) mass is 303 g/mol. The lowest BCUT2D eigenvalue weighted by molar-refractivity contribution is 0.101. The molecule has 0 N–H and O–H groups in total. The summed E-state index contributed by atoms with van der Waals surface area (Å²) in [5.41, 5.74) is 0.804. The lowest BCUT2D eigenvalue weighted by Gasteiger charge is -2.33. The molecule has 1 aromatic heterocycles. The molecule has 5 nitrogen and oxygen atoms in total. The van der Waals surface area contributed by atoms with Gasteiger partial charge in [-0.2, -0.15) is 4.98 Å². The molecule has 0 saturated carbocycles. The van der Waals surface area contributed by atoms with Gasteiger partial charge >= 0.3 is 0 Å². The lowest BCUT2D eigenvalue weighted by atomic mass is 9.96. The Hall–Kier alpha value is -2.24. The van der Waals surface area contributed by atoms with Crippen molar-refractivity contribution in [3.05, 3.63) is 41.3 Å². The summed E-state index contributed by atoms with van der Waals surface area (Å²) in [6, 6.07) is 4.75. The number of carbonyl (C=O) groups is 1. The third-order valence-electron chi connectivity index (χ3n) is 4.00. The molecule has 3 rings (SSSR count). The van der Waals surface area contributed by atoms with Crippen molar-refractivity contribution >= 4 is 11.5 Å². The first-order valence-corrected chi connectivity index (χ1v) is 7.41. The van der Waals surface area contributed by atoms with E-state index in [9.17, 15) is 9.18 Å². The first-order valence-electron chi connectivity index (χ1n) is 7.41. The summed E-state index contributed by atoms with van der Waals surface area (Å²) in [6.07, 6.45) is 1.88. The Kier molecular flexibility index (Phi) is 3.92. The maximum Gasteiger partial charge on any atom is 0.231 e. The van der Waals surface area contributed by atoms with Crippen LogP contribution in [0.2, 0.25) is 0 Å². The second kappa shape index (κ2) is 5.87. The number of aromatic nitrogens is 2. The fourth-order valence-corrected chi connectivity index (χ4v) is 3.00. The predicted molar refractivity (Wildman–Crippen MR) is 79.6 cm³/mol. The quantitative estimate of drug-likeness (QED) is 0.815. The predicted octanol–water partition coefficient (Wildman–Crippen LogP) is 3.10. The third-order valence-corrected chi connectivity index (χ3v) is 4.00. The van der Waals surface area contributed by atoms with Crippen molar-refractivity contribution in [2.45, 2.75) is 32.6 Å². The second-order valence-corrected chi connectivity index (χ2v) is 5.66. The van der Waals surface area contributed by atoms with Gasteiger partial charge in [-0.15, -0.1) is 0 Å². The molecule has 0 amide bonds. The molecular weight excluding hydrogens is 285 g/mol. The van der Waals surface area contributed by atoms with E-state index in [0.717, 1.165) is 19.4 Å². The van der Waals surface area contributed by atoms with E-state index in [1.54, 1.807) is 19.1 Å². The number of carbonyl (C=O) groups excluding carboxylic acids is 1. The van der Waals surface area contributed by atoms with Gasteiger partial charge in [-0.3, -0.25) is 4.79 Å². The first-order chi connectivity index (χ1) is 10.6. The highest BCUT2D eigenvalue weighted by Gasteiger charge is 2.28. The molecule has 0 bridgehead atoms. The summed E-state index contributed by atoms with van der Waals surface area (Å²) in [4.78, 5) is 18.1. The van der Waals surface area contributed by atoms with Crippen molar-refractivity contribution < 1.29 is 13.7 Å². The third kappa shape index (κ3) is 2.73. The molecule has 0 radical (unpaired) electrons. The Morgan fingerprint density at radius 3 is 2.95 bits per heavy atom. The molecule has 0 aliphatic carbocycles. The van der Waals surface area contributed by atoms with Crippen LogP contribution in [0.3, 0.4) is 0 Å². The van der Waals surface area contributed by atoms with Gasteiger partial charge in [0.2, 0.25) is 5.89 Å². The van der Waals surface area contributed by atoms with Gasteiger partial charge in [-0.05, 0) is 38.8 Å². The van der Waals surface area contributed by atoms with Crippen molar-refractivity contribution in [3.63, 3.8) is 0 Å². The summed E-state index contributed by atoms with van der Waals surface area (Å²) in [5.74, 6) is 0.605. The van der Waals surface area contributed by atoms with Crippen molar-refractivity contribution in [1.82, 2.24) is 10.1 Å². The van der Waals surface area contributed by atoms with Crippen molar-refractivity contribution in [2.24, 2.45) is 0 Å². The summed E-state index contributed by atoms with van der Waals surface area (Å²) >= 11 is 0. The van der Waals surface area contributed by atoms with Crippen LogP contribution in [0, 0.1) is 12.7 Å². The van der Waals surface area contributed by atoms with Crippen LogP contribution in [-0.4, -0.2) is 29.0 Å². The van der Waals surface area contributed by atoms with E-state index in [2.05, 4.69) is 10.1 Å². The molecule has 2 heterocycles. The largest absolute Gasteiger partial charge is 0.370 e. The average molecular weight is 303 g/mol. The van der Waals surface area contributed by atoms with Crippen LogP contribution < -0.4 is 4.90 Å². The van der Waals surface area contributed by atoms with E-state index in [4.69, 9.17) is 4.52 Å². The van der Waals surface area contributed by atoms with Crippen molar-refractivity contribution in [1.29, 1.82) is 0 Å². The summed E-state index contributed by atoms with van der Waals surface area (Å²) in [7, 11) is 0. The van der Waals surface area contributed by atoms with Crippen LogP contribution in [0.5, 0.6) is 0 Å². The fourth-order valence-electron chi connectivity index (χ4n) is 3.00. The normalized spacial score (nSPS) is 18.5. The number of piperidine rings is 1. The van der Waals surface area contributed by atoms with Gasteiger partial charge in [0.05, 0.1) is 17.2 Å². The molecule has 22 heavy (non-hydrogen) atoms. The Labute approximate surface area is 128 Å². The maximum absolute atomic E-state index is 14.0. The number of ketones is 1. The molecule has 2 aromatic rings. The molecule has 1 aliphatic rings. The molecule has 6 heteroatoms. The standard InChI is InChI=1S/C16H18FN3O2/c1-10(21)15-13(17)6-3-7-14(15)20-8-4-5-12(9-20)16-18-11(2)19-22-16/h3,6-7,12H,4-5,8-9H2,1-2H3. The number of anilines is 1. The van der Waals surface area contributed by atoms with Gasteiger partial charge < -0.3 is 9.42 Å². The smallest absolute Gasteiger partial charge is 0.231 e.